The van der Waals surface area contributed by atoms with Crippen LogP contribution in [0.3, 0.4) is 0 Å². The zero-order valence-corrected chi connectivity index (χ0v) is 16.3. The molecule has 6 nitrogen and oxygen atoms in total. The highest BCUT2D eigenvalue weighted by molar-refractivity contribution is 7.80. The smallest absolute Gasteiger partial charge is 0.407 e. The Morgan fingerprint density at radius 1 is 1.12 bits per heavy atom. The van der Waals surface area contributed by atoms with E-state index < -0.39 is 11.6 Å². The summed E-state index contributed by atoms with van der Waals surface area (Å²) in [5.41, 5.74) is 0.137. The summed E-state index contributed by atoms with van der Waals surface area (Å²) in [4.78, 5) is 25.3. The minimum atomic E-state index is -0.875. The second-order valence-electron chi connectivity index (χ2n) is 7.62. The van der Waals surface area contributed by atoms with Crippen LogP contribution in [0.25, 0.3) is 0 Å². The van der Waals surface area contributed by atoms with Crippen LogP contribution in [0, 0.1) is 0 Å². The van der Waals surface area contributed by atoms with Crippen molar-refractivity contribution in [2.75, 3.05) is 0 Å². The summed E-state index contributed by atoms with van der Waals surface area (Å²) < 4.78 is 0. The summed E-state index contributed by atoms with van der Waals surface area (Å²) in [5.74, 6) is -0.235. The number of thiocarbonyl (C=S) groups is 1. The summed E-state index contributed by atoms with van der Waals surface area (Å²) in [7, 11) is 0. The Bertz CT molecular complexity index is 650. The van der Waals surface area contributed by atoms with Gasteiger partial charge in [-0.1, -0.05) is 18.2 Å². The van der Waals surface area contributed by atoms with Gasteiger partial charge in [-0.15, -0.1) is 0 Å². The molecule has 1 aromatic carbocycles. The van der Waals surface area contributed by atoms with Gasteiger partial charge in [-0.2, -0.15) is 0 Å². The molecule has 0 radical (unpaired) electrons. The summed E-state index contributed by atoms with van der Waals surface area (Å²) in [6.07, 6.45) is 2.30. The molecule has 1 saturated carbocycles. The first-order chi connectivity index (χ1) is 12.2. The zero-order valence-electron chi connectivity index (χ0n) is 15.5. The van der Waals surface area contributed by atoms with Gasteiger partial charge in [0.1, 0.15) is 0 Å². The van der Waals surface area contributed by atoms with Gasteiger partial charge in [0, 0.05) is 23.2 Å². The molecule has 26 heavy (non-hydrogen) atoms. The van der Waals surface area contributed by atoms with Crippen molar-refractivity contribution in [1.29, 1.82) is 0 Å². The standard InChI is InChI=1S/C19H27N3O3S/c1-19(2,3)22(18(24)25)15-11-9-14(10-12-15)20-17(26)21-16(23)13-7-5-4-6-8-13/h4-8,14-15H,9-12H2,1-3H3,(H,24,25)(H2,20,21,23,26). The van der Waals surface area contributed by atoms with Crippen molar-refractivity contribution >= 4 is 29.3 Å². The van der Waals surface area contributed by atoms with Gasteiger partial charge in [0.15, 0.2) is 5.11 Å². The number of hydrogen-bond donors (Lipinski definition) is 3. The third-order valence-corrected chi connectivity index (χ3v) is 4.81. The van der Waals surface area contributed by atoms with Gasteiger partial charge in [0.2, 0.25) is 0 Å². The van der Waals surface area contributed by atoms with Crippen LogP contribution >= 0.6 is 12.2 Å². The number of benzene rings is 1. The zero-order chi connectivity index (χ0) is 19.3. The van der Waals surface area contributed by atoms with Crippen molar-refractivity contribution in [2.24, 2.45) is 0 Å². The maximum absolute atomic E-state index is 12.1. The molecule has 0 saturated heterocycles. The van der Waals surface area contributed by atoms with E-state index in [0.717, 1.165) is 25.7 Å². The first-order valence-electron chi connectivity index (χ1n) is 8.87. The Morgan fingerprint density at radius 2 is 1.69 bits per heavy atom. The van der Waals surface area contributed by atoms with Gasteiger partial charge < -0.3 is 15.3 Å². The summed E-state index contributed by atoms with van der Waals surface area (Å²) in [6, 6.07) is 9.07. The largest absolute Gasteiger partial charge is 0.465 e. The van der Waals surface area contributed by atoms with Crippen molar-refractivity contribution in [2.45, 2.75) is 64.1 Å². The lowest BCUT2D eigenvalue weighted by Crippen LogP contribution is -2.54. The fourth-order valence-corrected chi connectivity index (χ4v) is 3.71. The lowest BCUT2D eigenvalue weighted by Gasteiger charge is -2.42. The molecule has 3 N–H and O–H groups in total. The Hall–Kier alpha value is -2.15. The topological polar surface area (TPSA) is 81.7 Å². The van der Waals surface area contributed by atoms with E-state index in [-0.39, 0.29) is 18.0 Å². The highest BCUT2D eigenvalue weighted by atomic mass is 32.1. The molecule has 0 aliphatic heterocycles. The van der Waals surface area contributed by atoms with E-state index in [1.54, 1.807) is 29.2 Å². The second kappa shape index (κ2) is 8.49. The molecule has 0 heterocycles. The van der Waals surface area contributed by atoms with Crippen molar-refractivity contribution < 1.29 is 14.7 Å². The molecule has 1 aliphatic rings. The van der Waals surface area contributed by atoms with Crippen LogP contribution < -0.4 is 10.6 Å². The second-order valence-corrected chi connectivity index (χ2v) is 8.03. The lowest BCUT2D eigenvalue weighted by molar-refractivity contribution is 0.0539. The van der Waals surface area contributed by atoms with E-state index in [0.29, 0.717) is 10.7 Å². The van der Waals surface area contributed by atoms with Gasteiger partial charge in [0.05, 0.1) is 0 Å². The van der Waals surface area contributed by atoms with Gasteiger partial charge in [-0.25, -0.2) is 4.79 Å². The molecule has 1 aromatic rings. The van der Waals surface area contributed by atoms with Crippen molar-refractivity contribution in [3.8, 4) is 0 Å². The number of hydrogen-bond acceptors (Lipinski definition) is 3. The third kappa shape index (κ3) is 5.42. The normalized spacial score (nSPS) is 20.1. The number of carbonyl (C=O) groups is 2. The van der Waals surface area contributed by atoms with Gasteiger partial charge in [-0.3, -0.25) is 10.1 Å². The molecule has 0 atom stereocenters. The number of nitrogens with zero attached hydrogens (tertiary/aromatic N) is 1. The van der Waals surface area contributed by atoms with Crippen molar-refractivity contribution in [3.05, 3.63) is 35.9 Å². The minimum Gasteiger partial charge on any atom is -0.465 e. The fourth-order valence-electron chi connectivity index (χ4n) is 3.46. The molecule has 2 amide bonds. The quantitative estimate of drug-likeness (QED) is 0.704. The Balaban J connectivity index is 1.84. The van der Waals surface area contributed by atoms with Crippen LogP contribution in [0.4, 0.5) is 4.79 Å². The summed E-state index contributed by atoms with van der Waals surface area (Å²) in [5, 5.41) is 15.7. The average molecular weight is 378 g/mol. The first kappa shape index (κ1) is 20.2. The van der Waals surface area contributed by atoms with E-state index in [2.05, 4.69) is 10.6 Å². The maximum Gasteiger partial charge on any atom is 0.407 e. The van der Waals surface area contributed by atoms with Crippen LogP contribution in [0.2, 0.25) is 0 Å². The molecule has 0 bridgehead atoms. The van der Waals surface area contributed by atoms with E-state index >= 15 is 0 Å². The number of rotatable bonds is 3. The molecule has 142 valence electrons. The molecule has 1 aliphatic carbocycles. The highest BCUT2D eigenvalue weighted by Gasteiger charge is 2.35. The number of nitrogens with one attached hydrogen (secondary N) is 2. The Kier molecular flexibility index (Phi) is 6.58. The third-order valence-electron chi connectivity index (χ3n) is 4.59. The van der Waals surface area contributed by atoms with E-state index in [1.807, 2.05) is 26.8 Å². The molecular formula is C19H27N3O3S. The van der Waals surface area contributed by atoms with Crippen molar-refractivity contribution in [1.82, 2.24) is 15.5 Å². The first-order valence-corrected chi connectivity index (χ1v) is 9.28. The summed E-state index contributed by atoms with van der Waals surface area (Å²) in [6.45, 7) is 5.75. The fraction of sp³-hybridized carbons (Fsp3) is 0.526. The monoisotopic (exact) mass is 377 g/mol. The van der Waals surface area contributed by atoms with Gasteiger partial charge in [0.25, 0.3) is 5.91 Å². The van der Waals surface area contributed by atoms with Gasteiger partial charge in [-0.05, 0) is 70.8 Å². The van der Waals surface area contributed by atoms with E-state index in [9.17, 15) is 14.7 Å². The molecule has 2 rings (SSSR count). The number of amides is 2. The molecule has 0 unspecified atom stereocenters. The Morgan fingerprint density at radius 3 is 2.19 bits per heavy atom. The average Bonchev–Trinajstić information content (AvgIpc) is 2.55. The predicted molar refractivity (Wildman–Crippen MR) is 105 cm³/mol. The molecule has 1 fully saturated rings. The van der Waals surface area contributed by atoms with Gasteiger partial charge >= 0.3 is 6.09 Å². The number of carbonyl (C=O) groups excluding carboxylic acids is 1. The molecule has 7 heteroatoms. The van der Waals surface area contributed by atoms with Crippen LogP contribution in [0.1, 0.15) is 56.8 Å². The molecule has 0 spiro atoms. The highest BCUT2D eigenvalue weighted by Crippen LogP contribution is 2.28. The lowest BCUT2D eigenvalue weighted by atomic mass is 9.88. The molecule has 0 aromatic heterocycles. The van der Waals surface area contributed by atoms with Crippen molar-refractivity contribution in [3.63, 3.8) is 0 Å². The van der Waals surface area contributed by atoms with E-state index in [1.165, 1.54) is 0 Å². The van der Waals surface area contributed by atoms with Crippen LogP contribution in [-0.4, -0.2) is 44.7 Å². The van der Waals surface area contributed by atoms with E-state index in [4.69, 9.17) is 12.2 Å². The SMILES string of the molecule is CC(C)(C)N(C(=O)O)C1CCC(NC(=S)NC(=O)c2ccccc2)CC1. The van der Waals surface area contributed by atoms with Crippen LogP contribution in [0.15, 0.2) is 30.3 Å². The summed E-state index contributed by atoms with van der Waals surface area (Å²) >= 11 is 5.25. The van der Waals surface area contributed by atoms with Crippen LogP contribution in [0.5, 0.6) is 0 Å². The predicted octanol–water partition coefficient (Wildman–Crippen LogP) is 3.38. The Labute approximate surface area is 160 Å². The number of carboxylic acid groups (broad SMARTS) is 1. The molecular weight excluding hydrogens is 350 g/mol. The maximum atomic E-state index is 12.1. The minimum absolute atomic E-state index is 0.0121. The van der Waals surface area contributed by atoms with Crippen LogP contribution in [-0.2, 0) is 0 Å².